The second-order valence-corrected chi connectivity index (χ2v) is 9.33. The molecule has 0 aromatic heterocycles. The molecule has 3 aromatic rings. The molecule has 4 rings (SSSR count). The minimum Gasteiger partial charge on any atom is -0.460 e. The third-order valence-electron chi connectivity index (χ3n) is 4.92. The van der Waals surface area contributed by atoms with Gasteiger partial charge < -0.3 is 9.47 Å². The zero-order valence-corrected chi connectivity index (χ0v) is 18.4. The fourth-order valence-electron chi connectivity index (χ4n) is 3.27. The van der Waals surface area contributed by atoms with Crippen LogP contribution in [0.4, 0.5) is 0 Å². The lowest BCUT2D eigenvalue weighted by Crippen LogP contribution is -2.28. The van der Waals surface area contributed by atoms with Gasteiger partial charge in [-0.3, -0.25) is 4.79 Å². The maximum absolute atomic E-state index is 12.9. The van der Waals surface area contributed by atoms with E-state index in [2.05, 4.69) is 15.9 Å². The molecule has 1 saturated carbocycles. The number of hydrogen-bond donors (Lipinski definition) is 0. The van der Waals surface area contributed by atoms with Crippen LogP contribution in [0.1, 0.15) is 17.5 Å². The third kappa shape index (κ3) is 4.16. The first-order chi connectivity index (χ1) is 13.9. The van der Waals surface area contributed by atoms with Crippen molar-refractivity contribution in [3.63, 3.8) is 0 Å². The Balaban J connectivity index is 1.46. The van der Waals surface area contributed by atoms with E-state index in [1.54, 1.807) is 0 Å². The molecule has 0 radical (unpaired) electrons. The number of benzene rings is 3. The highest BCUT2D eigenvalue weighted by Gasteiger charge is 2.73. The smallest absolute Gasteiger partial charge is 0.320 e. The summed E-state index contributed by atoms with van der Waals surface area (Å²) in [5.74, 6) is 0.977. The standard InChI is InChI=1S/C23H17BrCl2O3/c24-18-11-9-17(10-12-18)22(15-23(22,25)26)21(27)28-14-16-5-4-8-20(13-16)29-19-6-2-1-3-7-19/h1-13H,14-15H2. The van der Waals surface area contributed by atoms with Crippen LogP contribution in [0.5, 0.6) is 11.5 Å². The predicted octanol–water partition coefficient (Wildman–Crippen LogP) is 6.80. The summed E-state index contributed by atoms with van der Waals surface area (Å²) in [5.41, 5.74) is 0.514. The number of carbonyl (C=O) groups is 1. The Morgan fingerprint density at radius 2 is 1.59 bits per heavy atom. The summed E-state index contributed by atoms with van der Waals surface area (Å²) in [6.07, 6.45) is 0.320. The van der Waals surface area contributed by atoms with Gasteiger partial charge in [-0.15, -0.1) is 0 Å². The van der Waals surface area contributed by atoms with Crippen molar-refractivity contribution < 1.29 is 14.3 Å². The number of rotatable bonds is 6. The lowest BCUT2D eigenvalue weighted by Gasteiger charge is -2.18. The van der Waals surface area contributed by atoms with Crippen molar-refractivity contribution in [2.24, 2.45) is 0 Å². The van der Waals surface area contributed by atoms with E-state index >= 15 is 0 Å². The predicted molar refractivity (Wildman–Crippen MR) is 118 cm³/mol. The third-order valence-corrected chi connectivity index (χ3v) is 6.36. The van der Waals surface area contributed by atoms with E-state index < -0.39 is 15.7 Å². The van der Waals surface area contributed by atoms with E-state index in [9.17, 15) is 4.79 Å². The minimum absolute atomic E-state index is 0.104. The first-order valence-electron chi connectivity index (χ1n) is 9.04. The van der Waals surface area contributed by atoms with Gasteiger partial charge in [-0.1, -0.05) is 81.6 Å². The van der Waals surface area contributed by atoms with E-state index in [-0.39, 0.29) is 6.61 Å². The highest BCUT2D eigenvalue weighted by Crippen LogP contribution is 2.65. The molecule has 1 fully saturated rings. The zero-order valence-electron chi connectivity index (χ0n) is 15.3. The van der Waals surface area contributed by atoms with Crippen LogP contribution < -0.4 is 4.74 Å². The number of alkyl halides is 2. The van der Waals surface area contributed by atoms with Gasteiger partial charge in [0.25, 0.3) is 0 Å². The molecule has 0 spiro atoms. The summed E-state index contributed by atoms with van der Waals surface area (Å²) < 4.78 is 11.2. The molecule has 0 N–H and O–H groups in total. The number of hydrogen-bond acceptors (Lipinski definition) is 3. The van der Waals surface area contributed by atoms with E-state index in [0.29, 0.717) is 12.2 Å². The van der Waals surface area contributed by atoms with Crippen LogP contribution in [0, 0.1) is 0 Å². The lowest BCUT2D eigenvalue weighted by atomic mass is 9.96. The minimum atomic E-state index is -1.17. The molecule has 0 amide bonds. The van der Waals surface area contributed by atoms with Crippen molar-refractivity contribution in [2.75, 3.05) is 0 Å². The van der Waals surface area contributed by atoms with Gasteiger partial charge in [0.1, 0.15) is 27.9 Å². The molecular formula is C23H17BrCl2O3. The van der Waals surface area contributed by atoms with Gasteiger partial charge in [-0.25, -0.2) is 0 Å². The molecule has 0 bridgehead atoms. The second-order valence-electron chi connectivity index (χ2n) is 6.93. The molecule has 1 aliphatic carbocycles. The van der Waals surface area contributed by atoms with Crippen molar-refractivity contribution >= 4 is 45.1 Å². The molecule has 29 heavy (non-hydrogen) atoms. The van der Waals surface area contributed by atoms with Crippen LogP contribution in [-0.2, 0) is 21.6 Å². The van der Waals surface area contributed by atoms with Crippen LogP contribution >= 0.6 is 39.1 Å². The fourth-order valence-corrected chi connectivity index (χ4v) is 4.31. The van der Waals surface area contributed by atoms with Gasteiger partial charge in [0.2, 0.25) is 0 Å². The monoisotopic (exact) mass is 490 g/mol. The summed E-state index contributed by atoms with van der Waals surface area (Å²) in [6.45, 7) is 0.104. The van der Waals surface area contributed by atoms with E-state index in [1.807, 2.05) is 78.9 Å². The van der Waals surface area contributed by atoms with Crippen LogP contribution in [0.15, 0.2) is 83.3 Å². The molecule has 3 aromatic carbocycles. The van der Waals surface area contributed by atoms with Gasteiger partial charge in [-0.2, -0.15) is 0 Å². The lowest BCUT2D eigenvalue weighted by molar-refractivity contribution is -0.148. The van der Waals surface area contributed by atoms with Crippen LogP contribution in [-0.4, -0.2) is 10.3 Å². The maximum Gasteiger partial charge on any atom is 0.320 e. The quantitative estimate of drug-likeness (QED) is 0.281. The molecule has 148 valence electrons. The Morgan fingerprint density at radius 1 is 0.931 bits per heavy atom. The summed E-state index contributed by atoms with van der Waals surface area (Å²) in [5, 5.41) is 0. The summed E-state index contributed by atoms with van der Waals surface area (Å²) >= 11 is 16.1. The molecular weight excluding hydrogens is 475 g/mol. The summed E-state index contributed by atoms with van der Waals surface area (Å²) in [7, 11) is 0. The van der Waals surface area contributed by atoms with E-state index in [1.165, 1.54) is 0 Å². The van der Waals surface area contributed by atoms with E-state index in [4.69, 9.17) is 32.7 Å². The van der Waals surface area contributed by atoms with Crippen LogP contribution in [0.3, 0.4) is 0 Å². The number of esters is 1. The average molecular weight is 492 g/mol. The summed E-state index contributed by atoms with van der Waals surface area (Å²) in [6, 6.07) is 24.3. The van der Waals surface area contributed by atoms with E-state index in [0.717, 1.165) is 21.3 Å². The Hall–Kier alpha value is -2.01. The first kappa shape index (κ1) is 20.3. The van der Waals surface area contributed by atoms with Crippen molar-refractivity contribution in [1.29, 1.82) is 0 Å². The van der Waals surface area contributed by atoms with Crippen molar-refractivity contribution in [1.82, 2.24) is 0 Å². The largest absolute Gasteiger partial charge is 0.460 e. The Morgan fingerprint density at radius 3 is 2.24 bits per heavy atom. The normalized spacial score (nSPS) is 19.4. The second kappa shape index (κ2) is 8.02. The molecule has 6 heteroatoms. The van der Waals surface area contributed by atoms with Gasteiger partial charge in [0.05, 0.1) is 0 Å². The first-order valence-corrected chi connectivity index (χ1v) is 10.6. The molecule has 0 saturated heterocycles. The number of ether oxygens (including phenoxy) is 2. The Kier molecular flexibility index (Phi) is 5.60. The van der Waals surface area contributed by atoms with Crippen molar-refractivity contribution in [3.05, 3.63) is 94.5 Å². The molecule has 3 nitrogen and oxygen atoms in total. The van der Waals surface area contributed by atoms with Gasteiger partial charge in [0, 0.05) is 10.9 Å². The zero-order chi connectivity index (χ0) is 20.5. The highest BCUT2D eigenvalue weighted by molar-refractivity contribution is 9.10. The summed E-state index contributed by atoms with van der Waals surface area (Å²) in [4.78, 5) is 12.9. The Labute approximate surface area is 187 Å². The SMILES string of the molecule is O=C(OCc1cccc(Oc2ccccc2)c1)C1(c2ccc(Br)cc2)CC1(Cl)Cl. The molecule has 1 atom stereocenters. The van der Waals surface area contributed by atoms with Gasteiger partial charge in [-0.05, 0) is 47.5 Å². The maximum atomic E-state index is 12.9. The van der Waals surface area contributed by atoms with Crippen LogP contribution in [0.25, 0.3) is 0 Å². The highest BCUT2D eigenvalue weighted by atomic mass is 79.9. The van der Waals surface area contributed by atoms with Crippen molar-refractivity contribution in [2.45, 2.75) is 22.8 Å². The van der Waals surface area contributed by atoms with Crippen LogP contribution in [0.2, 0.25) is 0 Å². The number of para-hydroxylation sites is 1. The van der Waals surface area contributed by atoms with Gasteiger partial charge in [0.15, 0.2) is 0 Å². The average Bonchev–Trinajstić information content (AvgIpc) is 3.31. The number of halogens is 3. The van der Waals surface area contributed by atoms with Crippen molar-refractivity contribution in [3.8, 4) is 11.5 Å². The number of carbonyl (C=O) groups excluding carboxylic acids is 1. The Bertz CT molecular complexity index is 1020. The van der Waals surface area contributed by atoms with Gasteiger partial charge >= 0.3 is 5.97 Å². The molecule has 1 aliphatic rings. The molecule has 1 unspecified atom stereocenters. The fraction of sp³-hybridized carbons (Fsp3) is 0.174. The topological polar surface area (TPSA) is 35.5 Å². The molecule has 0 heterocycles. The molecule has 0 aliphatic heterocycles.